The Kier molecular flexibility index (Phi) is 3.93. The van der Waals surface area contributed by atoms with Crippen LogP contribution in [0.3, 0.4) is 0 Å². The summed E-state index contributed by atoms with van der Waals surface area (Å²) in [5, 5.41) is 10.6. The van der Waals surface area contributed by atoms with Gasteiger partial charge in [0.1, 0.15) is 0 Å². The molecule has 1 N–H and O–H groups in total. The van der Waals surface area contributed by atoms with Crippen molar-refractivity contribution in [1.29, 1.82) is 0 Å². The molecule has 2 rings (SSSR count). The van der Waals surface area contributed by atoms with Gasteiger partial charge in [-0.3, -0.25) is 4.31 Å². The number of aliphatic hydroxyl groups is 1. The van der Waals surface area contributed by atoms with Gasteiger partial charge >= 0.3 is 0 Å². The van der Waals surface area contributed by atoms with E-state index in [1.54, 1.807) is 11.4 Å². The highest BCUT2D eigenvalue weighted by molar-refractivity contribution is 7.93. The maximum atomic E-state index is 12.4. The number of nitrogens with zero attached hydrogens (tertiary/aromatic N) is 1. The van der Waals surface area contributed by atoms with Crippen molar-refractivity contribution in [3.63, 3.8) is 0 Å². The summed E-state index contributed by atoms with van der Waals surface area (Å²) in [5.74, 6) is 0. The molecule has 0 amide bonds. The van der Waals surface area contributed by atoms with Crippen LogP contribution in [0.4, 0.5) is 5.69 Å². The van der Waals surface area contributed by atoms with E-state index in [-0.39, 0.29) is 11.5 Å². The minimum Gasteiger partial charge on any atom is -0.391 e. The van der Waals surface area contributed by atoms with Crippen molar-refractivity contribution in [2.75, 3.05) is 11.4 Å². The summed E-state index contributed by atoms with van der Waals surface area (Å²) < 4.78 is 26.1. The summed E-state index contributed by atoms with van der Waals surface area (Å²) in [6, 6.07) is 8.81. The fourth-order valence-electron chi connectivity index (χ4n) is 1.70. The third-order valence-corrected chi connectivity index (χ3v) is 5.64. The average molecular weight is 297 g/mol. The minimum absolute atomic E-state index is 0.144. The first-order chi connectivity index (χ1) is 8.95. The summed E-state index contributed by atoms with van der Waals surface area (Å²) in [6.45, 7) is 1.77. The molecule has 0 radical (unpaired) electrons. The lowest BCUT2D eigenvalue weighted by Crippen LogP contribution is -2.26. The highest BCUT2D eigenvalue weighted by atomic mass is 32.2. The molecule has 102 valence electrons. The molecule has 0 bridgehead atoms. The van der Waals surface area contributed by atoms with E-state index in [2.05, 4.69) is 0 Å². The molecule has 19 heavy (non-hydrogen) atoms. The van der Waals surface area contributed by atoms with E-state index in [4.69, 9.17) is 5.11 Å². The SMILES string of the molecule is Cc1cccc(N(C)S(=O)(=O)c2csc(CO)c2)c1. The summed E-state index contributed by atoms with van der Waals surface area (Å²) in [4.78, 5) is 0.849. The molecule has 0 aliphatic carbocycles. The van der Waals surface area contributed by atoms with Crippen LogP contribution in [0, 0.1) is 6.92 Å². The molecule has 0 aliphatic heterocycles. The third kappa shape index (κ3) is 2.80. The second-order valence-corrected chi connectivity index (χ2v) is 7.18. The van der Waals surface area contributed by atoms with E-state index in [0.29, 0.717) is 10.6 Å². The molecular weight excluding hydrogens is 282 g/mol. The fraction of sp³-hybridized carbons (Fsp3) is 0.231. The highest BCUT2D eigenvalue weighted by Crippen LogP contribution is 2.26. The van der Waals surface area contributed by atoms with Crippen molar-refractivity contribution in [1.82, 2.24) is 0 Å². The number of hydrogen-bond donors (Lipinski definition) is 1. The molecular formula is C13H15NO3S2. The van der Waals surface area contributed by atoms with Crippen molar-refractivity contribution < 1.29 is 13.5 Å². The Balaban J connectivity index is 2.39. The van der Waals surface area contributed by atoms with Gasteiger partial charge in [0, 0.05) is 17.3 Å². The second-order valence-electron chi connectivity index (χ2n) is 4.22. The molecule has 1 aromatic carbocycles. The van der Waals surface area contributed by atoms with Gasteiger partial charge in [0.25, 0.3) is 10.0 Å². The molecule has 0 aliphatic rings. The van der Waals surface area contributed by atoms with E-state index < -0.39 is 10.0 Å². The van der Waals surface area contributed by atoms with Gasteiger partial charge in [0.05, 0.1) is 17.2 Å². The molecule has 0 atom stereocenters. The quantitative estimate of drug-likeness (QED) is 0.942. The van der Waals surface area contributed by atoms with Crippen molar-refractivity contribution in [3.05, 3.63) is 46.2 Å². The number of benzene rings is 1. The number of sulfonamides is 1. The van der Waals surface area contributed by atoms with E-state index in [9.17, 15) is 8.42 Å². The monoisotopic (exact) mass is 297 g/mol. The maximum Gasteiger partial charge on any atom is 0.264 e. The van der Waals surface area contributed by atoms with Gasteiger partial charge in [-0.05, 0) is 30.7 Å². The van der Waals surface area contributed by atoms with Crippen LogP contribution in [0.15, 0.2) is 40.6 Å². The van der Waals surface area contributed by atoms with Crippen LogP contribution < -0.4 is 4.31 Å². The van der Waals surface area contributed by atoms with Crippen LogP contribution in [0.2, 0.25) is 0 Å². The molecule has 1 aromatic heterocycles. The van der Waals surface area contributed by atoms with Crippen LogP contribution in [0.1, 0.15) is 10.4 Å². The van der Waals surface area contributed by atoms with E-state index >= 15 is 0 Å². The number of rotatable bonds is 4. The molecule has 1 heterocycles. The van der Waals surface area contributed by atoms with Crippen LogP contribution in [0.5, 0.6) is 0 Å². The van der Waals surface area contributed by atoms with Crippen molar-refractivity contribution in [2.45, 2.75) is 18.4 Å². The standard InChI is InChI=1S/C13H15NO3S2/c1-10-4-3-5-11(6-10)14(2)19(16,17)13-7-12(8-15)18-9-13/h3-7,9,15H,8H2,1-2H3. The number of aryl methyl sites for hydroxylation is 1. The second kappa shape index (κ2) is 5.32. The Hall–Kier alpha value is -1.37. The molecule has 0 saturated heterocycles. The lowest BCUT2D eigenvalue weighted by molar-refractivity contribution is 0.285. The summed E-state index contributed by atoms with van der Waals surface area (Å²) in [5.41, 5.74) is 1.62. The smallest absolute Gasteiger partial charge is 0.264 e. The highest BCUT2D eigenvalue weighted by Gasteiger charge is 2.22. The fourth-order valence-corrected chi connectivity index (χ4v) is 4.01. The summed E-state index contributed by atoms with van der Waals surface area (Å²) >= 11 is 1.24. The van der Waals surface area contributed by atoms with Crippen molar-refractivity contribution in [3.8, 4) is 0 Å². The Bertz CT molecular complexity index is 677. The molecule has 0 fully saturated rings. The predicted octanol–water partition coefficient (Wildman–Crippen LogP) is 2.37. The first-order valence-electron chi connectivity index (χ1n) is 5.69. The largest absolute Gasteiger partial charge is 0.391 e. The van der Waals surface area contributed by atoms with E-state index in [1.807, 2.05) is 25.1 Å². The Labute approximate surface area is 117 Å². The van der Waals surface area contributed by atoms with Gasteiger partial charge in [-0.25, -0.2) is 8.42 Å². The van der Waals surface area contributed by atoms with Crippen LogP contribution in [-0.2, 0) is 16.6 Å². The Morgan fingerprint density at radius 2 is 2.05 bits per heavy atom. The maximum absolute atomic E-state index is 12.4. The topological polar surface area (TPSA) is 57.6 Å². The molecule has 4 nitrogen and oxygen atoms in total. The van der Waals surface area contributed by atoms with E-state index in [1.165, 1.54) is 28.8 Å². The molecule has 0 unspecified atom stereocenters. The zero-order chi connectivity index (χ0) is 14.0. The first kappa shape index (κ1) is 14.0. The van der Waals surface area contributed by atoms with Gasteiger partial charge in [-0.15, -0.1) is 11.3 Å². The van der Waals surface area contributed by atoms with Gasteiger partial charge < -0.3 is 5.11 Å². The van der Waals surface area contributed by atoms with Gasteiger partial charge in [0.2, 0.25) is 0 Å². The zero-order valence-electron chi connectivity index (χ0n) is 10.7. The van der Waals surface area contributed by atoms with Crippen molar-refractivity contribution >= 4 is 27.0 Å². The summed E-state index contributed by atoms with van der Waals surface area (Å²) in [7, 11) is -2.04. The number of hydrogen-bond acceptors (Lipinski definition) is 4. The average Bonchev–Trinajstić information content (AvgIpc) is 2.87. The van der Waals surface area contributed by atoms with Crippen LogP contribution in [0.25, 0.3) is 0 Å². The molecule has 6 heteroatoms. The number of anilines is 1. The Morgan fingerprint density at radius 1 is 1.32 bits per heavy atom. The normalized spacial score (nSPS) is 11.5. The van der Waals surface area contributed by atoms with Gasteiger partial charge in [-0.1, -0.05) is 12.1 Å². The first-order valence-corrected chi connectivity index (χ1v) is 8.01. The summed E-state index contributed by atoms with van der Waals surface area (Å²) in [6.07, 6.45) is 0. The Morgan fingerprint density at radius 3 is 2.63 bits per heavy atom. The van der Waals surface area contributed by atoms with Gasteiger partial charge in [0.15, 0.2) is 0 Å². The van der Waals surface area contributed by atoms with Gasteiger partial charge in [-0.2, -0.15) is 0 Å². The third-order valence-electron chi connectivity index (χ3n) is 2.81. The number of thiophene rings is 1. The van der Waals surface area contributed by atoms with E-state index in [0.717, 1.165) is 5.56 Å². The lowest BCUT2D eigenvalue weighted by atomic mass is 10.2. The molecule has 0 saturated carbocycles. The lowest BCUT2D eigenvalue weighted by Gasteiger charge is -2.19. The number of aliphatic hydroxyl groups excluding tert-OH is 1. The van der Waals surface area contributed by atoms with Crippen molar-refractivity contribution in [2.24, 2.45) is 0 Å². The van der Waals surface area contributed by atoms with Crippen LogP contribution >= 0.6 is 11.3 Å². The molecule has 2 aromatic rings. The minimum atomic E-state index is -3.57. The molecule has 0 spiro atoms. The zero-order valence-corrected chi connectivity index (χ0v) is 12.3. The van der Waals surface area contributed by atoms with Crippen LogP contribution in [-0.4, -0.2) is 20.6 Å². The predicted molar refractivity (Wildman–Crippen MR) is 77.0 cm³/mol.